The van der Waals surface area contributed by atoms with Crippen LogP contribution >= 0.6 is 0 Å². The van der Waals surface area contributed by atoms with E-state index in [2.05, 4.69) is 72.2 Å². The molecular weight excluding hydrogens is 322 g/mol. The third kappa shape index (κ3) is 6.96. The van der Waals surface area contributed by atoms with Gasteiger partial charge in [-0.15, -0.1) is 0 Å². The van der Waals surface area contributed by atoms with Gasteiger partial charge in [0.1, 0.15) is 0 Å². The predicted molar refractivity (Wildman–Crippen MR) is 112 cm³/mol. The van der Waals surface area contributed by atoms with Crippen LogP contribution in [0.5, 0.6) is 0 Å². The third-order valence-corrected chi connectivity index (χ3v) is 5.07. The van der Waals surface area contributed by atoms with Gasteiger partial charge >= 0.3 is 0 Å². The van der Waals surface area contributed by atoms with Crippen molar-refractivity contribution in [1.29, 1.82) is 0 Å². The lowest BCUT2D eigenvalue weighted by Gasteiger charge is -2.23. The smallest absolute Gasteiger partial charge is 0.193 e. The molecule has 1 aromatic rings. The van der Waals surface area contributed by atoms with Crippen molar-refractivity contribution in [2.75, 3.05) is 59.9 Å². The third-order valence-electron chi connectivity index (χ3n) is 5.07. The van der Waals surface area contributed by atoms with Crippen LogP contribution in [0, 0.1) is 6.92 Å². The zero-order valence-corrected chi connectivity index (χ0v) is 17.2. The maximum atomic E-state index is 4.86. The Bertz CT molecular complexity index is 557. The number of hydrogen-bond acceptors (Lipinski definition) is 3. The molecule has 1 aliphatic rings. The summed E-state index contributed by atoms with van der Waals surface area (Å²) in [6.45, 7) is 12.9. The Morgan fingerprint density at radius 3 is 2.77 bits per heavy atom. The Hall–Kier alpha value is -1.59. The number of aryl methyl sites for hydroxylation is 1. The van der Waals surface area contributed by atoms with Gasteiger partial charge in [0.05, 0.1) is 0 Å². The molecule has 0 saturated carbocycles. The van der Waals surface area contributed by atoms with E-state index >= 15 is 0 Å². The molecule has 0 radical (unpaired) electrons. The van der Waals surface area contributed by atoms with Crippen molar-refractivity contribution in [2.45, 2.75) is 33.2 Å². The van der Waals surface area contributed by atoms with Crippen LogP contribution in [0.2, 0.25) is 0 Å². The monoisotopic (exact) mass is 359 g/mol. The van der Waals surface area contributed by atoms with Gasteiger partial charge in [-0.1, -0.05) is 24.3 Å². The van der Waals surface area contributed by atoms with Crippen molar-refractivity contribution in [2.24, 2.45) is 4.99 Å². The van der Waals surface area contributed by atoms with Gasteiger partial charge in [-0.2, -0.15) is 0 Å². The zero-order chi connectivity index (χ0) is 18.8. The van der Waals surface area contributed by atoms with Crippen LogP contribution in [-0.4, -0.2) is 80.6 Å². The fraction of sp³-hybridized carbons (Fsp3) is 0.667. The van der Waals surface area contributed by atoms with E-state index in [1.54, 1.807) is 0 Å². The van der Waals surface area contributed by atoms with Crippen LogP contribution in [0.1, 0.15) is 30.9 Å². The molecule has 1 aliphatic heterocycles. The number of nitrogens with zero attached hydrogens (tertiary/aromatic N) is 4. The molecule has 0 unspecified atom stereocenters. The van der Waals surface area contributed by atoms with Crippen molar-refractivity contribution >= 4 is 5.96 Å². The number of benzene rings is 1. The highest BCUT2D eigenvalue weighted by Gasteiger charge is 2.11. The molecule has 5 heteroatoms. The van der Waals surface area contributed by atoms with Crippen molar-refractivity contribution in [3.05, 3.63) is 35.4 Å². The predicted octanol–water partition coefficient (Wildman–Crippen LogP) is 2.42. The van der Waals surface area contributed by atoms with Gasteiger partial charge in [0.2, 0.25) is 0 Å². The summed E-state index contributed by atoms with van der Waals surface area (Å²) in [5.41, 5.74) is 2.69. The highest BCUT2D eigenvalue weighted by molar-refractivity contribution is 5.79. The van der Waals surface area contributed by atoms with Crippen LogP contribution in [0.25, 0.3) is 0 Å². The minimum atomic E-state index is 0.882. The van der Waals surface area contributed by atoms with E-state index < -0.39 is 0 Å². The van der Waals surface area contributed by atoms with Crippen LogP contribution in [0.3, 0.4) is 0 Å². The summed E-state index contributed by atoms with van der Waals surface area (Å²) in [5.74, 6) is 1.01. The van der Waals surface area contributed by atoms with Crippen LogP contribution in [-0.2, 0) is 6.54 Å². The maximum absolute atomic E-state index is 4.86. The molecule has 1 aromatic carbocycles. The Labute approximate surface area is 160 Å². The minimum absolute atomic E-state index is 0.882. The lowest BCUT2D eigenvalue weighted by Crippen LogP contribution is -2.38. The van der Waals surface area contributed by atoms with E-state index in [0.717, 1.165) is 38.6 Å². The number of guanidine groups is 1. The van der Waals surface area contributed by atoms with Gasteiger partial charge < -0.3 is 20.0 Å². The fourth-order valence-corrected chi connectivity index (χ4v) is 3.39. The molecule has 2 rings (SSSR count). The second-order valence-electron chi connectivity index (χ2n) is 7.37. The summed E-state index contributed by atoms with van der Waals surface area (Å²) < 4.78 is 0. The van der Waals surface area contributed by atoms with E-state index in [0.29, 0.717) is 0 Å². The van der Waals surface area contributed by atoms with E-state index in [1.165, 1.54) is 43.7 Å². The van der Waals surface area contributed by atoms with E-state index in [4.69, 9.17) is 4.99 Å². The largest absolute Gasteiger partial charge is 0.357 e. The van der Waals surface area contributed by atoms with Gasteiger partial charge in [-0.05, 0) is 64.5 Å². The molecule has 0 bridgehead atoms. The average Bonchev–Trinajstić information content (AvgIpc) is 2.84. The molecule has 1 heterocycles. The number of nitrogens with one attached hydrogen (secondary N) is 1. The van der Waals surface area contributed by atoms with E-state index in [1.807, 2.05) is 0 Å². The Morgan fingerprint density at radius 1 is 1.19 bits per heavy atom. The van der Waals surface area contributed by atoms with Crippen LogP contribution in [0.15, 0.2) is 29.3 Å². The van der Waals surface area contributed by atoms with Gasteiger partial charge in [0, 0.05) is 39.8 Å². The molecule has 0 atom stereocenters. The maximum Gasteiger partial charge on any atom is 0.193 e. The van der Waals surface area contributed by atoms with Crippen molar-refractivity contribution in [1.82, 2.24) is 20.0 Å². The first-order chi connectivity index (χ1) is 12.6. The summed E-state index contributed by atoms with van der Waals surface area (Å²) in [4.78, 5) is 12.1. The summed E-state index contributed by atoms with van der Waals surface area (Å²) in [7, 11) is 4.35. The molecular formula is C21H37N5. The van der Waals surface area contributed by atoms with Crippen molar-refractivity contribution < 1.29 is 0 Å². The van der Waals surface area contributed by atoms with Gasteiger partial charge in [-0.3, -0.25) is 4.99 Å². The lowest BCUT2D eigenvalue weighted by atomic mass is 10.1. The fourth-order valence-electron chi connectivity index (χ4n) is 3.39. The van der Waals surface area contributed by atoms with Crippen molar-refractivity contribution in [3.8, 4) is 0 Å². The Balaban J connectivity index is 1.82. The molecule has 0 amide bonds. The van der Waals surface area contributed by atoms with Crippen LogP contribution in [0.4, 0.5) is 0 Å². The molecule has 0 aliphatic carbocycles. The highest BCUT2D eigenvalue weighted by Crippen LogP contribution is 2.09. The topological polar surface area (TPSA) is 34.1 Å². The first-order valence-corrected chi connectivity index (χ1v) is 10.0. The summed E-state index contributed by atoms with van der Waals surface area (Å²) in [6, 6.07) is 8.58. The van der Waals surface area contributed by atoms with Crippen LogP contribution < -0.4 is 5.32 Å². The summed E-state index contributed by atoms with van der Waals surface area (Å²) in [6.07, 6.45) is 2.40. The standard InChI is InChI=1S/C21H37N5/c1-5-22-21(25(4)18-20-11-7-6-10-19(20)2)23-12-8-14-26-15-9-13-24(3)16-17-26/h6-7,10-11H,5,8-9,12-18H2,1-4H3,(H,22,23). The second-order valence-corrected chi connectivity index (χ2v) is 7.37. The quantitative estimate of drug-likeness (QED) is 0.461. The highest BCUT2D eigenvalue weighted by atomic mass is 15.3. The number of likely N-dealkylation sites (N-methyl/N-ethyl adjacent to an activating group) is 1. The molecule has 146 valence electrons. The van der Waals surface area contributed by atoms with Crippen molar-refractivity contribution in [3.63, 3.8) is 0 Å². The zero-order valence-electron chi connectivity index (χ0n) is 17.2. The van der Waals surface area contributed by atoms with E-state index in [9.17, 15) is 0 Å². The number of hydrogen-bond donors (Lipinski definition) is 1. The lowest BCUT2D eigenvalue weighted by molar-refractivity contribution is 0.275. The number of rotatable bonds is 7. The summed E-state index contributed by atoms with van der Waals surface area (Å²) in [5, 5.41) is 3.43. The number of aliphatic imine (C=N–C) groups is 1. The first-order valence-electron chi connectivity index (χ1n) is 10.0. The molecule has 1 saturated heterocycles. The van der Waals surface area contributed by atoms with Gasteiger partial charge in [0.15, 0.2) is 5.96 Å². The SMILES string of the molecule is CCNC(=NCCCN1CCCN(C)CC1)N(C)Cc1ccccc1C. The first kappa shape index (κ1) is 20.7. The molecule has 1 fully saturated rings. The minimum Gasteiger partial charge on any atom is -0.357 e. The molecule has 5 nitrogen and oxygen atoms in total. The molecule has 0 aromatic heterocycles. The molecule has 1 N–H and O–H groups in total. The second kappa shape index (κ2) is 11.2. The Kier molecular flexibility index (Phi) is 8.92. The molecule has 26 heavy (non-hydrogen) atoms. The molecule has 0 spiro atoms. The van der Waals surface area contributed by atoms with Gasteiger partial charge in [-0.25, -0.2) is 0 Å². The van der Waals surface area contributed by atoms with E-state index in [-0.39, 0.29) is 0 Å². The Morgan fingerprint density at radius 2 is 2.00 bits per heavy atom. The normalized spacial score (nSPS) is 17.2. The summed E-state index contributed by atoms with van der Waals surface area (Å²) >= 11 is 0. The average molecular weight is 360 g/mol. The van der Waals surface area contributed by atoms with Gasteiger partial charge in [0.25, 0.3) is 0 Å².